The Hall–Kier alpha value is -2.04. The minimum atomic E-state index is 0.277. The van der Waals surface area contributed by atoms with Gasteiger partial charge in [-0.1, -0.05) is 18.1 Å². The molecule has 2 aromatic rings. The Balaban J connectivity index is 1.60. The molecule has 20 heavy (non-hydrogen) atoms. The Morgan fingerprint density at radius 3 is 3.05 bits per heavy atom. The first-order valence-electron chi connectivity index (χ1n) is 7.01. The minimum Gasteiger partial charge on any atom is -0.484 e. The van der Waals surface area contributed by atoms with Crippen molar-refractivity contribution >= 4 is 5.69 Å². The Kier molecular flexibility index (Phi) is 3.58. The van der Waals surface area contributed by atoms with Crippen LogP contribution < -0.4 is 10.5 Å². The van der Waals surface area contributed by atoms with E-state index in [-0.39, 0.29) is 6.61 Å². The van der Waals surface area contributed by atoms with Crippen molar-refractivity contribution in [2.45, 2.75) is 38.7 Å². The number of nitrogen functional groups attached to an aromatic ring is 1. The van der Waals surface area contributed by atoms with E-state index in [0.29, 0.717) is 23.2 Å². The van der Waals surface area contributed by atoms with Gasteiger partial charge in [0.15, 0.2) is 12.4 Å². The summed E-state index contributed by atoms with van der Waals surface area (Å²) in [4.78, 5) is 4.43. The molecule has 5 heteroatoms. The van der Waals surface area contributed by atoms with Gasteiger partial charge >= 0.3 is 0 Å². The lowest BCUT2D eigenvalue weighted by molar-refractivity contribution is 0.242. The topological polar surface area (TPSA) is 74.2 Å². The highest BCUT2D eigenvalue weighted by molar-refractivity contribution is 5.43. The lowest BCUT2D eigenvalue weighted by Gasteiger charge is -2.03. The number of ether oxygens (including phenoxy) is 1. The summed E-state index contributed by atoms with van der Waals surface area (Å²) in [6, 6.07) is 7.30. The zero-order chi connectivity index (χ0) is 13.9. The molecule has 106 valence electrons. The first kappa shape index (κ1) is 13.0. The molecule has 0 amide bonds. The Morgan fingerprint density at radius 1 is 1.40 bits per heavy atom. The zero-order valence-electron chi connectivity index (χ0n) is 11.6. The van der Waals surface area contributed by atoms with Crippen molar-refractivity contribution in [3.63, 3.8) is 0 Å². The highest BCUT2D eigenvalue weighted by Crippen LogP contribution is 2.36. The number of rotatable bonds is 4. The number of hydrogen-bond acceptors (Lipinski definition) is 5. The molecule has 1 aromatic heterocycles. The van der Waals surface area contributed by atoms with Gasteiger partial charge < -0.3 is 15.0 Å². The predicted octanol–water partition coefficient (Wildman–Crippen LogP) is 3.13. The van der Waals surface area contributed by atoms with Gasteiger partial charge in [0.25, 0.3) is 5.89 Å². The molecule has 2 N–H and O–H groups in total. The number of nitrogens with zero attached hydrogens (tertiary/aromatic N) is 2. The van der Waals surface area contributed by atoms with Gasteiger partial charge in [0.2, 0.25) is 0 Å². The van der Waals surface area contributed by atoms with Gasteiger partial charge in [-0.05, 0) is 37.3 Å². The smallest absolute Gasteiger partial charge is 0.264 e. The van der Waals surface area contributed by atoms with Crippen LogP contribution in [0.25, 0.3) is 0 Å². The van der Waals surface area contributed by atoms with Crippen LogP contribution in [-0.4, -0.2) is 10.1 Å². The van der Waals surface area contributed by atoms with Gasteiger partial charge in [0.1, 0.15) is 5.75 Å². The molecule has 1 saturated carbocycles. The van der Waals surface area contributed by atoms with Gasteiger partial charge in [0.05, 0.1) is 0 Å². The lowest BCUT2D eigenvalue weighted by atomic mass is 10.1. The average molecular weight is 273 g/mol. The summed E-state index contributed by atoms with van der Waals surface area (Å²) in [5.41, 5.74) is 6.37. The summed E-state index contributed by atoms with van der Waals surface area (Å²) >= 11 is 0. The first-order valence-corrected chi connectivity index (χ1v) is 7.01. The maximum absolute atomic E-state index is 5.70. The van der Waals surface area contributed by atoms with Crippen molar-refractivity contribution in [1.82, 2.24) is 10.1 Å². The number of anilines is 1. The third-order valence-electron chi connectivity index (χ3n) is 3.76. The van der Waals surface area contributed by atoms with Crippen LogP contribution in [0.2, 0.25) is 0 Å². The van der Waals surface area contributed by atoms with E-state index in [9.17, 15) is 0 Å². The maximum atomic E-state index is 5.70. The lowest BCUT2D eigenvalue weighted by Crippen LogP contribution is -1.99. The SMILES string of the molecule is CC1CCC(c2noc(COc3cccc(N)c3)n2)C1. The van der Waals surface area contributed by atoms with Crippen LogP contribution in [0.15, 0.2) is 28.8 Å². The fourth-order valence-corrected chi connectivity index (χ4v) is 2.68. The van der Waals surface area contributed by atoms with Crippen molar-refractivity contribution in [3.05, 3.63) is 36.0 Å². The first-order chi connectivity index (χ1) is 9.70. The minimum absolute atomic E-state index is 0.277. The fraction of sp³-hybridized carbons (Fsp3) is 0.467. The monoisotopic (exact) mass is 273 g/mol. The summed E-state index contributed by atoms with van der Waals surface area (Å²) in [6.07, 6.45) is 3.54. The molecule has 1 heterocycles. The van der Waals surface area contributed by atoms with Crippen LogP contribution >= 0.6 is 0 Å². The molecule has 0 radical (unpaired) electrons. The maximum Gasteiger partial charge on any atom is 0.264 e. The van der Waals surface area contributed by atoms with Gasteiger partial charge in [-0.25, -0.2) is 0 Å². The molecule has 1 aliphatic carbocycles. The second-order valence-corrected chi connectivity index (χ2v) is 5.52. The van der Waals surface area contributed by atoms with E-state index in [1.54, 1.807) is 6.07 Å². The van der Waals surface area contributed by atoms with E-state index in [4.69, 9.17) is 15.0 Å². The second-order valence-electron chi connectivity index (χ2n) is 5.52. The fourth-order valence-electron chi connectivity index (χ4n) is 2.68. The van der Waals surface area contributed by atoms with E-state index < -0.39 is 0 Å². The molecule has 0 bridgehead atoms. The molecule has 5 nitrogen and oxygen atoms in total. The van der Waals surface area contributed by atoms with Crippen molar-refractivity contribution in [3.8, 4) is 5.75 Å². The highest BCUT2D eigenvalue weighted by Gasteiger charge is 2.26. The Bertz CT molecular complexity index is 582. The average Bonchev–Trinajstić information content (AvgIpc) is 3.05. The molecule has 1 fully saturated rings. The van der Waals surface area contributed by atoms with Gasteiger partial charge in [0, 0.05) is 17.7 Å². The van der Waals surface area contributed by atoms with Crippen molar-refractivity contribution < 1.29 is 9.26 Å². The predicted molar refractivity (Wildman–Crippen MR) is 75.2 cm³/mol. The number of benzene rings is 1. The summed E-state index contributed by atoms with van der Waals surface area (Å²) in [6.45, 7) is 2.54. The van der Waals surface area contributed by atoms with Gasteiger partial charge in [-0.3, -0.25) is 0 Å². The number of hydrogen-bond donors (Lipinski definition) is 1. The Labute approximate surface area is 118 Å². The van der Waals surface area contributed by atoms with Crippen molar-refractivity contribution in [1.29, 1.82) is 0 Å². The van der Waals surface area contributed by atoms with E-state index in [2.05, 4.69) is 17.1 Å². The third-order valence-corrected chi connectivity index (χ3v) is 3.76. The standard InChI is InChI=1S/C15H19N3O2/c1-10-5-6-11(7-10)15-17-14(20-18-15)9-19-13-4-2-3-12(16)8-13/h2-4,8,10-11H,5-7,9,16H2,1H3. The second kappa shape index (κ2) is 5.53. The molecule has 1 aliphatic rings. The quantitative estimate of drug-likeness (QED) is 0.866. The molecule has 0 saturated heterocycles. The van der Waals surface area contributed by atoms with Crippen LogP contribution in [0.5, 0.6) is 5.75 Å². The third kappa shape index (κ3) is 2.92. The molecular formula is C15H19N3O2. The molecule has 2 unspecified atom stereocenters. The molecule has 1 aromatic carbocycles. The molecule has 0 spiro atoms. The summed E-state index contributed by atoms with van der Waals surface area (Å²) in [5, 5.41) is 4.07. The van der Waals surface area contributed by atoms with E-state index in [0.717, 1.165) is 24.6 Å². The molecule has 2 atom stereocenters. The normalized spacial score (nSPS) is 22.1. The van der Waals surface area contributed by atoms with Gasteiger partial charge in [-0.2, -0.15) is 4.98 Å². The molecule has 3 rings (SSSR count). The Morgan fingerprint density at radius 2 is 2.30 bits per heavy atom. The van der Waals surface area contributed by atoms with E-state index in [1.807, 2.05) is 18.2 Å². The highest BCUT2D eigenvalue weighted by atomic mass is 16.5. The van der Waals surface area contributed by atoms with Crippen LogP contribution in [0.1, 0.15) is 43.8 Å². The van der Waals surface area contributed by atoms with Gasteiger partial charge in [-0.15, -0.1) is 0 Å². The van der Waals surface area contributed by atoms with Crippen LogP contribution in [0.4, 0.5) is 5.69 Å². The summed E-state index contributed by atoms with van der Waals surface area (Å²) in [5.74, 6) is 3.24. The molecular weight excluding hydrogens is 254 g/mol. The summed E-state index contributed by atoms with van der Waals surface area (Å²) in [7, 11) is 0. The number of aromatic nitrogens is 2. The number of nitrogens with two attached hydrogens (primary N) is 1. The van der Waals surface area contributed by atoms with Crippen LogP contribution in [0.3, 0.4) is 0 Å². The summed E-state index contributed by atoms with van der Waals surface area (Å²) < 4.78 is 10.8. The van der Waals surface area contributed by atoms with Crippen molar-refractivity contribution in [2.75, 3.05) is 5.73 Å². The van der Waals surface area contributed by atoms with Crippen molar-refractivity contribution in [2.24, 2.45) is 5.92 Å². The van der Waals surface area contributed by atoms with E-state index >= 15 is 0 Å². The van der Waals surface area contributed by atoms with Crippen LogP contribution in [0, 0.1) is 5.92 Å². The largest absolute Gasteiger partial charge is 0.484 e. The zero-order valence-corrected chi connectivity index (χ0v) is 11.6. The van der Waals surface area contributed by atoms with E-state index in [1.165, 1.54) is 6.42 Å². The molecule has 0 aliphatic heterocycles. The van der Waals surface area contributed by atoms with Crippen LogP contribution in [-0.2, 0) is 6.61 Å².